The molecule has 31 heavy (non-hydrogen) atoms. The van der Waals surface area contributed by atoms with Crippen LogP contribution in [0.2, 0.25) is 0 Å². The van der Waals surface area contributed by atoms with Crippen LogP contribution in [0.1, 0.15) is 48.6 Å². The van der Waals surface area contributed by atoms with E-state index in [1.54, 1.807) is 14.2 Å². The summed E-state index contributed by atoms with van der Waals surface area (Å²) < 4.78 is 11.1. The predicted molar refractivity (Wildman–Crippen MR) is 123 cm³/mol. The van der Waals surface area contributed by atoms with E-state index in [0.717, 1.165) is 37.4 Å². The summed E-state index contributed by atoms with van der Waals surface area (Å²) in [6, 6.07) is 12.8. The lowest BCUT2D eigenvalue weighted by Crippen LogP contribution is -3.13. The minimum absolute atomic E-state index is 0.0474. The third-order valence-corrected chi connectivity index (χ3v) is 6.04. The highest BCUT2D eigenvalue weighted by atomic mass is 16.5. The van der Waals surface area contributed by atoms with Gasteiger partial charge in [0.15, 0.2) is 11.5 Å². The van der Waals surface area contributed by atoms with Gasteiger partial charge in [-0.05, 0) is 38.0 Å². The van der Waals surface area contributed by atoms with Gasteiger partial charge in [-0.25, -0.2) is 4.79 Å². The average molecular weight is 427 g/mol. The largest absolute Gasteiger partial charge is 0.493 e. The standard InChI is InChI=1S/C25H35N3O3/c1-6-11-26-25(29)27-18(3)24-21-15-23(31-5)22(30-4)14-20(21)10-12-28(24)16-19-9-7-8-17(2)13-19/h7-9,13-15,18,24H,6,10-12,16H2,1-5H3,(H2,26,27,29)/p+1/t18-,24-/m1/s1. The maximum absolute atomic E-state index is 12.4. The van der Waals surface area contributed by atoms with Crippen molar-refractivity contribution in [1.29, 1.82) is 0 Å². The van der Waals surface area contributed by atoms with Gasteiger partial charge in [0.05, 0.1) is 26.8 Å². The molecular weight excluding hydrogens is 390 g/mol. The molecule has 1 aliphatic heterocycles. The number of fused-ring (bicyclic) bond motifs is 1. The third kappa shape index (κ3) is 5.50. The summed E-state index contributed by atoms with van der Waals surface area (Å²) >= 11 is 0. The minimum Gasteiger partial charge on any atom is -0.493 e. The Morgan fingerprint density at radius 3 is 2.61 bits per heavy atom. The smallest absolute Gasteiger partial charge is 0.315 e. The Labute approximate surface area is 185 Å². The Hall–Kier alpha value is -2.73. The summed E-state index contributed by atoms with van der Waals surface area (Å²) in [7, 11) is 3.33. The molecule has 0 aliphatic carbocycles. The van der Waals surface area contributed by atoms with Gasteiger partial charge in [0.1, 0.15) is 12.6 Å². The number of methoxy groups -OCH3 is 2. The van der Waals surface area contributed by atoms with Crippen molar-refractivity contribution in [2.75, 3.05) is 27.3 Å². The van der Waals surface area contributed by atoms with E-state index in [4.69, 9.17) is 9.47 Å². The molecule has 0 bridgehead atoms. The van der Waals surface area contributed by atoms with Gasteiger partial charge in [0.2, 0.25) is 0 Å². The van der Waals surface area contributed by atoms with Gasteiger partial charge < -0.3 is 25.0 Å². The number of aryl methyl sites for hydroxylation is 1. The van der Waals surface area contributed by atoms with Crippen LogP contribution in [-0.2, 0) is 13.0 Å². The Kier molecular flexibility index (Phi) is 7.80. The molecule has 3 N–H and O–H groups in total. The maximum Gasteiger partial charge on any atom is 0.315 e. The highest BCUT2D eigenvalue weighted by molar-refractivity contribution is 5.74. The molecule has 2 aromatic carbocycles. The van der Waals surface area contributed by atoms with Crippen LogP contribution >= 0.6 is 0 Å². The van der Waals surface area contributed by atoms with Gasteiger partial charge >= 0.3 is 6.03 Å². The molecule has 0 fully saturated rings. The molecule has 1 unspecified atom stereocenters. The van der Waals surface area contributed by atoms with E-state index in [-0.39, 0.29) is 18.1 Å². The summed E-state index contributed by atoms with van der Waals surface area (Å²) in [5, 5.41) is 6.11. The van der Waals surface area contributed by atoms with Gasteiger partial charge in [-0.15, -0.1) is 0 Å². The van der Waals surface area contributed by atoms with Crippen LogP contribution in [0.15, 0.2) is 36.4 Å². The lowest BCUT2D eigenvalue weighted by molar-refractivity contribution is -0.948. The molecule has 0 saturated carbocycles. The Bertz CT molecular complexity index is 900. The van der Waals surface area contributed by atoms with Crippen molar-refractivity contribution in [2.45, 2.75) is 52.2 Å². The Balaban J connectivity index is 1.94. The molecule has 2 aromatic rings. The summed E-state index contributed by atoms with van der Waals surface area (Å²) in [6.45, 7) is 8.84. The molecule has 0 saturated heterocycles. The molecule has 1 aliphatic rings. The van der Waals surface area contributed by atoms with Crippen LogP contribution in [0, 0.1) is 6.92 Å². The number of carbonyl (C=O) groups is 1. The van der Waals surface area contributed by atoms with Crippen molar-refractivity contribution in [2.24, 2.45) is 0 Å². The fourth-order valence-corrected chi connectivity index (χ4v) is 4.60. The van der Waals surface area contributed by atoms with Gasteiger partial charge in [-0.3, -0.25) is 0 Å². The van der Waals surface area contributed by atoms with Crippen molar-refractivity contribution in [3.05, 3.63) is 58.7 Å². The lowest BCUT2D eigenvalue weighted by Gasteiger charge is -2.38. The molecule has 0 spiro atoms. The Morgan fingerprint density at radius 1 is 1.19 bits per heavy atom. The quantitative estimate of drug-likeness (QED) is 0.608. The zero-order valence-corrected chi connectivity index (χ0v) is 19.4. The maximum atomic E-state index is 12.4. The van der Waals surface area contributed by atoms with Crippen molar-refractivity contribution in [3.8, 4) is 11.5 Å². The van der Waals surface area contributed by atoms with Gasteiger partial charge in [-0.1, -0.05) is 36.8 Å². The number of nitrogens with one attached hydrogen (secondary N) is 3. The number of carbonyl (C=O) groups excluding carboxylic acids is 1. The monoisotopic (exact) mass is 426 g/mol. The van der Waals surface area contributed by atoms with Crippen LogP contribution < -0.4 is 25.0 Å². The number of hydrogen-bond donors (Lipinski definition) is 3. The highest BCUT2D eigenvalue weighted by Gasteiger charge is 2.37. The first-order valence-electron chi connectivity index (χ1n) is 11.2. The van der Waals surface area contributed by atoms with E-state index in [2.05, 4.69) is 67.8 Å². The van der Waals surface area contributed by atoms with Crippen molar-refractivity contribution < 1.29 is 19.2 Å². The van der Waals surface area contributed by atoms with Crippen LogP contribution in [-0.4, -0.2) is 39.4 Å². The lowest BCUT2D eigenvalue weighted by atomic mass is 9.87. The van der Waals surface area contributed by atoms with Crippen molar-refractivity contribution in [3.63, 3.8) is 0 Å². The number of rotatable bonds is 8. The molecule has 2 amide bonds. The van der Waals surface area contributed by atoms with E-state index in [0.29, 0.717) is 6.54 Å². The highest BCUT2D eigenvalue weighted by Crippen LogP contribution is 2.35. The zero-order chi connectivity index (χ0) is 22.4. The van der Waals surface area contributed by atoms with Gasteiger partial charge in [0.25, 0.3) is 0 Å². The molecule has 3 rings (SSSR count). The molecule has 6 heteroatoms. The van der Waals surface area contributed by atoms with Crippen LogP contribution in [0.25, 0.3) is 0 Å². The first-order chi connectivity index (χ1) is 15.0. The molecule has 6 nitrogen and oxygen atoms in total. The third-order valence-electron chi connectivity index (χ3n) is 6.04. The number of urea groups is 1. The second-order valence-corrected chi connectivity index (χ2v) is 8.40. The zero-order valence-electron chi connectivity index (χ0n) is 19.4. The van der Waals surface area contributed by atoms with Crippen molar-refractivity contribution in [1.82, 2.24) is 10.6 Å². The van der Waals surface area contributed by atoms with Gasteiger partial charge in [-0.2, -0.15) is 0 Å². The van der Waals surface area contributed by atoms with Crippen LogP contribution in [0.5, 0.6) is 11.5 Å². The van der Waals surface area contributed by atoms with E-state index < -0.39 is 0 Å². The van der Waals surface area contributed by atoms with Crippen LogP contribution in [0.4, 0.5) is 4.79 Å². The number of benzene rings is 2. The average Bonchev–Trinajstić information content (AvgIpc) is 2.76. The number of hydrogen-bond acceptors (Lipinski definition) is 3. The first-order valence-corrected chi connectivity index (χ1v) is 11.2. The summed E-state index contributed by atoms with van der Waals surface area (Å²) in [5.74, 6) is 1.48. The fraction of sp³-hybridized carbons (Fsp3) is 0.480. The van der Waals surface area contributed by atoms with E-state index >= 15 is 0 Å². The first kappa shape index (κ1) is 22.9. The summed E-state index contributed by atoms with van der Waals surface area (Å²) in [6.07, 6.45) is 1.87. The molecule has 3 atom stereocenters. The van der Waals surface area contributed by atoms with Crippen LogP contribution in [0.3, 0.4) is 0 Å². The molecule has 0 aromatic heterocycles. The SMILES string of the molecule is CCCNC(=O)N[C@H](C)[C@@H]1c2cc(OC)c(OC)cc2CC[NH+]1Cc1cccc(C)c1. The van der Waals surface area contributed by atoms with E-state index in [9.17, 15) is 4.79 Å². The summed E-state index contributed by atoms with van der Waals surface area (Å²) in [5.41, 5.74) is 5.06. The topological polar surface area (TPSA) is 64.0 Å². The van der Waals surface area contributed by atoms with E-state index in [1.807, 2.05) is 0 Å². The predicted octanol–water partition coefficient (Wildman–Crippen LogP) is 2.79. The second-order valence-electron chi connectivity index (χ2n) is 8.40. The van der Waals surface area contributed by atoms with E-state index in [1.165, 1.54) is 27.2 Å². The Morgan fingerprint density at radius 2 is 1.94 bits per heavy atom. The molecule has 0 radical (unpaired) electrons. The molecule has 1 heterocycles. The molecular formula is C25H36N3O3+. The fourth-order valence-electron chi connectivity index (χ4n) is 4.60. The minimum atomic E-state index is -0.114. The number of ether oxygens (including phenoxy) is 2. The second kappa shape index (κ2) is 10.5. The number of amides is 2. The summed E-state index contributed by atoms with van der Waals surface area (Å²) in [4.78, 5) is 13.9. The number of quaternary nitrogens is 1. The van der Waals surface area contributed by atoms with Crippen molar-refractivity contribution >= 4 is 6.03 Å². The molecule has 168 valence electrons. The van der Waals surface area contributed by atoms with Gasteiger partial charge in [0, 0.05) is 24.1 Å². The normalized spacial score (nSPS) is 18.6.